The highest BCUT2D eigenvalue weighted by molar-refractivity contribution is 9.10. The Morgan fingerprint density at radius 2 is 1.47 bits per heavy atom. The van der Waals surface area contributed by atoms with Crippen LogP contribution in [0.1, 0.15) is 42.5 Å². The number of hydrogen-bond acceptors (Lipinski definition) is 4. The molecule has 0 saturated carbocycles. The first kappa shape index (κ1) is 33.9. The summed E-state index contributed by atoms with van der Waals surface area (Å²) in [6.07, 6.45) is 0.987. The summed E-state index contributed by atoms with van der Waals surface area (Å²) in [4.78, 5) is 30.1. The van der Waals surface area contributed by atoms with Crippen molar-refractivity contribution in [1.29, 1.82) is 0 Å². The molecule has 4 aromatic rings. The van der Waals surface area contributed by atoms with Crippen molar-refractivity contribution in [2.75, 3.05) is 10.8 Å². The highest BCUT2D eigenvalue weighted by Gasteiger charge is 2.35. The molecule has 0 heterocycles. The smallest absolute Gasteiger partial charge is 0.264 e. The Labute approximate surface area is 275 Å². The number of benzene rings is 4. The van der Waals surface area contributed by atoms with Crippen molar-refractivity contribution in [2.24, 2.45) is 0 Å². The van der Waals surface area contributed by atoms with E-state index in [4.69, 9.17) is 0 Å². The van der Waals surface area contributed by atoms with E-state index in [1.807, 2.05) is 94.4 Å². The average molecular weight is 691 g/mol. The summed E-state index contributed by atoms with van der Waals surface area (Å²) in [6, 6.07) is 29.7. The quantitative estimate of drug-likeness (QED) is 0.167. The van der Waals surface area contributed by atoms with Crippen LogP contribution in [0.25, 0.3) is 0 Å². The van der Waals surface area contributed by atoms with Crippen LogP contribution in [0.3, 0.4) is 0 Å². The maximum atomic E-state index is 14.6. The monoisotopic (exact) mass is 689 g/mol. The average Bonchev–Trinajstić information content (AvgIpc) is 3.04. The summed E-state index contributed by atoms with van der Waals surface area (Å²) >= 11 is 3.47. The fraction of sp³-hybridized carbons (Fsp3) is 0.278. The van der Waals surface area contributed by atoms with E-state index >= 15 is 0 Å². The van der Waals surface area contributed by atoms with Gasteiger partial charge in [-0.2, -0.15) is 0 Å². The predicted octanol–water partition coefficient (Wildman–Crippen LogP) is 6.82. The zero-order valence-corrected chi connectivity index (χ0v) is 28.5. The zero-order valence-electron chi connectivity index (χ0n) is 26.1. The van der Waals surface area contributed by atoms with Crippen LogP contribution in [0.4, 0.5) is 5.69 Å². The van der Waals surface area contributed by atoms with Crippen LogP contribution in [-0.2, 0) is 32.6 Å². The van der Waals surface area contributed by atoms with Gasteiger partial charge in [0.15, 0.2) is 0 Å². The third-order valence-corrected chi connectivity index (χ3v) is 10.1. The van der Waals surface area contributed by atoms with Gasteiger partial charge in [-0.15, -0.1) is 0 Å². The highest BCUT2D eigenvalue weighted by Crippen LogP contribution is 2.29. The molecule has 9 heteroatoms. The van der Waals surface area contributed by atoms with Crippen LogP contribution in [0, 0.1) is 13.8 Å². The number of amides is 2. The van der Waals surface area contributed by atoms with E-state index in [1.54, 1.807) is 24.3 Å². The van der Waals surface area contributed by atoms with Crippen LogP contribution in [0.5, 0.6) is 0 Å². The number of aryl methyl sites for hydroxylation is 2. The molecule has 0 aromatic heterocycles. The minimum atomic E-state index is -4.15. The molecule has 0 fully saturated rings. The summed E-state index contributed by atoms with van der Waals surface area (Å²) < 4.78 is 30.5. The van der Waals surface area contributed by atoms with Gasteiger partial charge in [-0.3, -0.25) is 13.9 Å². The first-order valence-corrected chi connectivity index (χ1v) is 17.3. The number of anilines is 1. The molecule has 0 radical (unpaired) electrons. The molecule has 4 rings (SSSR count). The summed E-state index contributed by atoms with van der Waals surface area (Å²) in [5.41, 5.74) is 3.68. The minimum Gasteiger partial charge on any atom is -0.352 e. The maximum Gasteiger partial charge on any atom is 0.264 e. The van der Waals surface area contributed by atoms with Crippen molar-refractivity contribution in [3.63, 3.8) is 0 Å². The van der Waals surface area contributed by atoms with E-state index in [0.717, 1.165) is 27.6 Å². The molecule has 2 amide bonds. The Morgan fingerprint density at radius 3 is 2.09 bits per heavy atom. The Morgan fingerprint density at radius 1 is 0.844 bits per heavy atom. The molecule has 236 valence electrons. The third kappa shape index (κ3) is 8.83. The molecular weight excluding hydrogens is 650 g/mol. The van der Waals surface area contributed by atoms with Gasteiger partial charge >= 0.3 is 0 Å². The number of nitrogens with one attached hydrogen (secondary N) is 1. The van der Waals surface area contributed by atoms with Crippen molar-refractivity contribution in [3.8, 4) is 0 Å². The Balaban J connectivity index is 1.83. The molecule has 0 bridgehead atoms. The Hall–Kier alpha value is -3.95. The van der Waals surface area contributed by atoms with Crippen molar-refractivity contribution in [2.45, 2.75) is 64.1 Å². The SMILES string of the molecule is CC[C@@H](C)NC(=O)[C@H](Cc1ccccc1)N(Cc1ccc(Br)cc1)C(=O)CN(c1cc(C)ccc1C)S(=O)(=O)c1ccccc1. The number of halogens is 1. The summed E-state index contributed by atoms with van der Waals surface area (Å²) in [7, 11) is -4.15. The van der Waals surface area contributed by atoms with Gasteiger partial charge in [0.2, 0.25) is 11.8 Å². The molecule has 4 aromatic carbocycles. The number of rotatable bonds is 13. The van der Waals surface area contributed by atoms with Crippen LogP contribution in [0.15, 0.2) is 112 Å². The summed E-state index contributed by atoms with van der Waals surface area (Å²) in [5, 5.41) is 3.07. The van der Waals surface area contributed by atoms with Gasteiger partial charge < -0.3 is 10.2 Å². The van der Waals surface area contributed by atoms with Crippen LogP contribution in [-0.4, -0.2) is 43.8 Å². The number of carbonyl (C=O) groups is 2. The number of nitrogens with zero attached hydrogens (tertiary/aromatic N) is 2. The second-order valence-corrected chi connectivity index (χ2v) is 14.1. The van der Waals surface area contributed by atoms with Crippen LogP contribution < -0.4 is 9.62 Å². The van der Waals surface area contributed by atoms with Crippen molar-refractivity contribution in [3.05, 3.63) is 130 Å². The number of carbonyl (C=O) groups excluding carboxylic acids is 2. The normalized spacial score (nSPS) is 12.6. The number of sulfonamides is 1. The molecule has 0 unspecified atom stereocenters. The van der Waals surface area contributed by atoms with E-state index in [2.05, 4.69) is 21.2 Å². The molecule has 0 aliphatic heterocycles. The highest BCUT2D eigenvalue weighted by atomic mass is 79.9. The first-order valence-electron chi connectivity index (χ1n) is 15.0. The molecule has 0 aliphatic rings. The second-order valence-electron chi connectivity index (χ2n) is 11.3. The van der Waals surface area contributed by atoms with E-state index in [-0.39, 0.29) is 29.8 Å². The first-order chi connectivity index (χ1) is 21.5. The fourth-order valence-corrected chi connectivity index (χ4v) is 6.76. The van der Waals surface area contributed by atoms with Gasteiger partial charge in [0.1, 0.15) is 12.6 Å². The van der Waals surface area contributed by atoms with E-state index in [1.165, 1.54) is 21.3 Å². The molecule has 0 aliphatic carbocycles. The second kappa shape index (κ2) is 15.4. The molecule has 0 spiro atoms. The zero-order chi connectivity index (χ0) is 32.6. The van der Waals surface area contributed by atoms with Gasteiger partial charge in [0.25, 0.3) is 10.0 Å². The van der Waals surface area contributed by atoms with E-state index in [0.29, 0.717) is 11.3 Å². The van der Waals surface area contributed by atoms with Gasteiger partial charge in [0.05, 0.1) is 10.6 Å². The number of hydrogen-bond donors (Lipinski definition) is 1. The lowest BCUT2D eigenvalue weighted by Gasteiger charge is -2.34. The largest absolute Gasteiger partial charge is 0.352 e. The summed E-state index contributed by atoms with van der Waals surface area (Å²) in [5.74, 6) is -0.776. The van der Waals surface area contributed by atoms with E-state index in [9.17, 15) is 18.0 Å². The van der Waals surface area contributed by atoms with Crippen LogP contribution in [0.2, 0.25) is 0 Å². The fourth-order valence-electron chi connectivity index (χ4n) is 5.00. The standard InChI is InChI=1S/C36H40BrN3O4S/c1-5-28(4)38-36(42)34(23-29-12-8-6-9-13-29)39(24-30-18-20-31(37)21-19-30)35(41)25-40(33-22-26(2)16-17-27(33)3)45(43,44)32-14-10-7-11-15-32/h6-22,28,34H,5,23-25H2,1-4H3,(H,38,42)/t28-,34+/m1/s1. The van der Waals surface area contributed by atoms with Crippen molar-refractivity contribution >= 4 is 43.5 Å². The Kier molecular flexibility index (Phi) is 11.6. The topological polar surface area (TPSA) is 86.8 Å². The predicted molar refractivity (Wildman–Crippen MR) is 183 cm³/mol. The van der Waals surface area contributed by atoms with Crippen molar-refractivity contribution in [1.82, 2.24) is 10.2 Å². The molecule has 45 heavy (non-hydrogen) atoms. The molecular formula is C36H40BrN3O4S. The third-order valence-electron chi connectivity index (χ3n) is 7.78. The lowest BCUT2D eigenvalue weighted by Crippen LogP contribution is -2.54. The maximum absolute atomic E-state index is 14.6. The van der Waals surface area contributed by atoms with Crippen molar-refractivity contribution < 1.29 is 18.0 Å². The summed E-state index contributed by atoms with van der Waals surface area (Å²) in [6.45, 7) is 7.24. The Bertz CT molecular complexity index is 1700. The molecule has 0 saturated heterocycles. The van der Waals surface area contributed by atoms with Gasteiger partial charge in [-0.05, 0) is 79.8 Å². The van der Waals surface area contributed by atoms with Gasteiger partial charge in [0, 0.05) is 23.5 Å². The lowest BCUT2D eigenvalue weighted by atomic mass is 10.0. The molecule has 1 N–H and O–H groups in total. The molecule has 2 atom stereocenters. The van der Waals surface area contributed by atoms with Gasteiger partial charge in [-0.1, -0.05) is 95.7 Å². The van der Waals surface area contributed by atoms with Gasteiger partial charge in [-0.25, -0.2) is 8.42 Å². The lowest BCUT2D eigenvalue weighted by molar-refractivity contribution is -0.140. The minimum absolute atomic E-state index is 0.0773. The van der Waals surface area contributed by atoms with Crippen LogP contribution >= 0.6 is 15.9 Å². The van der Waals surface area contributed by atoms with E-state index < -0.39 is 28.5 Å². The molecule has 7 nitrogen and oxygen atoms in total.